The molecule has 120 valence electrons. The van der Waals surface area contributed by atoms with Gasteiger partial charge in [0.15, 0.2) is 0 Å². The molecule has 21 heavy (non-hydrogen) atoms. The van der Waals surface area contributed by atoms with Crippen LogP contribution in [0.15, 0.2) is 28.0 Å². The molecular weight excluding hydrogens is 319 g/mol. The number of hydrogen-bond acceptors (Lipinski definition) is 4. The van der Waals surface area contributed by atoms with Gasteiger partial charge in [-0.15, -0.1) is 0 Å². The molecule has 0 fully saturated rings. The highest BCUT2D eigenvalue weighted by Gasteiger charge is 2.22. The normalized spacial score (nSPS) is 13.4. The lowest BCUT2D eigenvalue weighted by Gasteiger charge is -2.18. The predicted octanol–water partition coefficient (Wildman–Crippen LogP) is 1.19. The predicted molar refractivity (Wildman–Crippen MR) is 77.0 cm³/mol. The second-order valence-corrected chi connectivity index (χ2v) is 9.14. The van der Waals surface area contributed by atoms with Gasteiger partial charge in [-0.05, 0) is 30.0 Å². The quantitative estimate of drug-likeness (QED) is 0.841. The largest absolute Gasteiger partial charge is 0.243 e. The molecule has 0 unspecified atom stereocenters. The van der Waals surface area contributed by atoms with Gasteiger partial charge in [0.05, 0.1) is 4.90 Å². The molecule has 1 rings (SSSR count). The minimum absolute atomic E-state index is 0.0709. The average Bonchev–Trinajstić information content (AvgIpc) is 2.24. The third-order valence-corrected chi connectivity index (χ3v) is 5.09. The van der Waals surface area contributed by atoms with Crippen LogP contribution in [-0.4, -0.2) is 23.4 Å². The Kier molecular flexibility index (Phi) is 5.14. The number of nitrogens with two attached hydrogens (primary N) is 1. The van der Waals surface area contributed by atoms with Crippen LogP contribution in [0, 0.1) is 11.2 Å². The second kappa shape index (κ2) is 5.99. The minimum Gasteiger partial charge on any atom is -0.225 e. The number of hydrogen-bond donors (Lipinski definition) is 2. The Balaban J connectivity index is 3.00. The lowest BCUT2D eigenvalue weighted by Crippen LogP contribution is -2.28. The van der Waals surface area contributed by atoms with Crippen molar-refractivity contribution in [3.63, 3.8) is 0 Å². The van der Waals surface area contributed by atoms with Crippen LogP contribution in [0.2, 0.25) is 0 Å². The van der Waals surface area contributed by atoms with E-state index in [1.54, 1.807) is 0 Å². The van der Waals surface area contributed by atoms with Crippen molar-refractivity contribution in [1.82, 2.24) is 4.72 Å². The van der Waals surface area contributed by atoms with Gasteiger partial charge in [-0.1, -0.05) is 20.8 Å². The van der Waals surface area contributed by atoms with Crippen LogP contribution in [0.1, 0.15) is 27.2 Å². The highest BCUT2D eigenvalue weighted by atomic mass is 32.2. The zero-order valence-corrected chi connectivity index (χ0v) is 13.7. The van der Waals surface area contributed by atoms with Crippen LogP contribution in [0.3, 0.4) is 0 Å². The molecular formula is C12H19FN2O4S2. The Hall–Kier alpha value is -1.03. The van der Waals surface area contributed by atoms with Crippen molar-refractivity contribution in [2.24, 2.45) is 10.6 Å². The van der Waals surface area contributed by atoms with E-state index in [0.29, 0.717) is 12.5 Å². The molecule has 0 radical (unpaired) electrons. The summed E-state index contributed by atoms with van der Waals surface area (Å²) in [6.45, 7) is 6.00. The summed E-state index contributed by atoms with van der Waals surface area (Å²) in [7, 11) is -8.12. The van der Waals surface area contributed by atoms with Crippen LogP contribution in [0.4, 0.5) is 4.39 Å². The fourth-order valence-corrected chi connectivity index (χ4v) is 3.13. The van der Waals surface area contributed by atoms with Crippen molar-refractivity contribution in [2.45, 2.75) is 37.0 Å². The smallest absolute Gasteiger partial charge is 0.225 e. The third kappa shape index (κ3) is 5.34. The molecule has 9 heteroatoms. The molecule has 0 aliphatic carbocycles. The first-order valence-corrected chi connectivity index (χ1v) is 9.18. The molecule has 1 aromatic carbocycles. The maximum Gasteiger partial charge on any atom is 0.243 e. The van der Waals surface area contributed by atoms with Crippen LogP contribution in [0.5, 0.6) is 0 Å². The summed E-state index contributed by atoms with van der Waals surface area (Å²) < 4.78 is 62.2. The molecule has 6 nitrogen and oxygen atoms in total. The van der Waals surface area contributed by atoms with Gasteiger partial charge in [0.25, 0.3) is 0 Å². The highest BCUT2D eigenvalue weighted by Crippen LogP contribution is 2.20. The lowest BCUT2D eigenvalue weighted by molar-refractivity contribution is 0.378. The summed E-state index contributed by atoms with van der Waals surface area (Å²) in [6, 6.07) is 2.43. The van der Waals surface area contributed by atoms with Crippen molar-refractivity contribution in [2.75, 3.05) is 6.54 Å². The van der Waals surface area contributed by atoms with Crippen molar-refractivity contribution >= 4 is 20.0 Å². The molecule has 0 bridgehead atoms. The van der Waals surface area contributed by atoms with Crippen molar-refractivity contribution in [3.05, 3.63) is 24.0 Å². The summed E-state index contributed by atoms with van der Waals surface area (Å²) in [6.07, 6.45) is 0.573. The van der Waals surface area contributed by atoms with Gasteiger partial charge < -0.3 is 0 Å². The van der Waals surface area contributed by atoms with Gasteiger partial charge in [0, 0.05) is 6.54 Å². The van der Waals surface area contributed by atoms with E-state index in [1.165, 1.54) is 0 Å². The van der Waals surface area contributed by atoms with Crippen molar-refractivity contribution in [3.8, 4) is 0 Å². The summed E-state index contributed by atoms with van der Waals surface area (Å²) in [5.74, 6) is -1.16. The van der Waals surface area contributed by atoms with Gasteiger partial charge in [0.2, 0.25) is 20.0 Å². The van der Waals surface area contributed by atoms with E-state index in [2.05, 4.69) is 4.72 Å². The Bertz CT molecular complexity index is 722. The van der Waals surface area contributed by atoms with E-state index in [4.69, 9.17) is 5.14 Å². The second-order valence-electron chi connectivity index (χ2n) is 5.85. The molecule has 0 atom stereocenters. The number of nitrogens with one attached hydrogen (secondary N) is 1. The molecule has 0 spiro atoms. The van der Waals surface area contributed by atoms with E-state index >= 15 is 0 Å². The number of rotatable bonds is 5. The first kappa shape index (κ1) is 18.0. The third-order valence-electron chi connectivity index (χ3n) is 2.69. The molecule has 0 saturated heterocycles. The molecule has 3 N–H and O–H groups in total. The fourth-order valence-electron chi connectivity index (χ4n) is 1.51. The fraction of sp³-hybridized carbons (Fsp3) is 0.500. The first-order valence-electron chi connectivity index (χ1n) is 6.15. The van der Waals surface area contributed by atoms with Crippen LogP contribution >= 0.6 is 0 Å². The van der Waals surface area contributed by atoms with E-state index in [9.17, 15) is 21.2 Å². The average molecular weight is 338 g/mol. The van der Waals surface area contributed by atoms with Crippen LogP contribution < -0.4 is 9.86 Å². The Morgan fingerprint density at radius 2 is 1.76 bits per heavy atom. The Morgan fingerprint density at radius 3 is 2.19 bits per heavy atom. The van der Waals surface area contributed by atoms with E-state index in [-0.39, 0.29) is 12.0 Å². The topological polar surface area (TPSA) is 106 Å². The van der Waals surface area contributed by atoms with Gasteiger partial charge in [-0.2, -0.15) is 0 Å². The van der Waals surface area contributed by atoms with Gasteiger partial charge >= 0.3 is 0 Å². The summed E-state index contributed by atoms with van der Waals surface area (Å²) in [5, 5.41) is 4.85. The molecule has 0 aliphatic heterocycles. The molecule has 1 aromatic rings. The van der Waals surface area contributed by atoms with Crippen molar-refractivity contribution < 1.29 is 21.2 Å². The number of primary sulfonamides is 1. The molecule has 0 saturated carbocycles. The van der Waals surface area contributed by atoms with Gasteiger partial charge in [-0.25, -0.2) is 31.1 Å². The molecule has 0 aliphatic rings. The monoisotopic (exact) mass is 338 g/mol. The standard InChI is InChI=1S/C12H19FN2O4S2/c1-12(2,3)6-7-15-21(18,19)11-5-4-9(8-10(11)13)20(14,16)17/h4-5,8,15H,6-7H2,1-3H3,(H2,14,16,17). The van der Waals surface area contributed by atoms with Gasteiger partial charge in [-0.3, -0.25) is 0 Å². The molecule has 0 aromatic heterocycles. The maximum atomic E-state index is 13.8. The molecule has 0 heterocycles. The van der Waals surface area contributed by atoms with E-state index in [0.717, 1.165) is 12.1 Å². The molecule has 0 amide bonds. The summed E-state index contributed by atoms with van der Waals surface area (Å²) in [5.41, 5.74) is -0.0709. The number of sulfonamides is 2. The van der Waals surface area contributed by atoms with Crippen LogP contribution in [-0.2, 0) is 20.0 Å². The Morgan fingerprint density at radius 1 is 1.19 bits per heavy atom. The maximum absolute atomic E-state index is 13.8. The summed E-state index contributed by atoms with van der Waals surface area (Å²) in [4.78, 5) is -1.09. The van der Waals surface area contributed by atoms with E-state index < -0.39 is 35.7 Å². The Labute approximate surface area is 124 Å². The zero-order valence-electron chi connectivity index (χ0n) is 12.1. The first-order chi connectivity index (χ1) is 9.33. The number of benzene rings is 1. The minimum atomic E-state index is -4.08. The highest BCUT2D eigenvalue weighted by molar-refractivity contribution is 7.89. The number of halogens is 1. The van der Waals surface area contributed by atoms with E-state index in [1.807, 2.05) is 20.8 Å². The van der Waals surface area contributed by atoms with Gasteiger partial charge in [0.1, 0.15) is 10.7 Å². The van der Waals surface area contributed by atoms with Crippen molar-refractivity contribution in [1.29, 1.82) is 0 Å². The zero-order chi connectivity index (χ0) is 16.5. The SMILES string of the molecule is CC(C)(C)CCNS(=O)(=O)c1ccc(S(N)(=O)=O)cc1F. The summed E-state index contributed by atoms with van der Waals surface area (Å²) >= 11 is 0. The lowest BCUT2D eigenvalue weighted by atomic mass is 9.93. The van der Waals surface area contributed by atoms with Crippen LogP contribution in [0.25, 0.3) is 0 Å².